The van der Waals surface area contributed by atoms with Gasteiger partial charge in [-0.3, -0.25) is 4.79 Å². The zero-order valence-electron chi connectivity index (χ0n) is 7.84. The maximum Gasteiger partial charge on any atom is 0.223 e. The molecule has 0 N–H and O–H groups in total. The lowest BCUT2D eigenvalue weighted by Crippen LogP contribution is -2.30. The molecule has 70 valence electrons. The van der Waals surface area contributed by atoms with Crippen molar-refractivity contribution in [2.24, 2.45) is 5.41 Å². The van der Waals surface area contributed by atoms with Crippen LogP contribution in [0.3, 0.4) is 0 Å². The molecule has 0 aromatic rings. The number of amides is 1. The number of hydrogen-bond acceptors (Lipinski definition) is 2. The van der Waals surface area contributed by atoms with Crippen molar-refractivity contribution in [2.75, 3.05) is 18.8 Å². The van der Waals surface area contributed by atoms with Gasteiger partial charge in [-0.15, -0.1) is 0 Å². The molecule has 1 aliphatic rings. The lowest BCUT2D eigenvalue weighted by Gasteiger charge is -2.19. The van der Waals surface area contributed by atoms with Crippen LogP contribution in [0.5, 0.6) is 0 Å². The van der Waals surface area contributed by atoms with E-state index < -0.39 is 0 Å². The summed E-state index contributed by atoms with van der Waals surface area (Å²) < 4.78 is 0. The van der Waals surface area contributed by atoms with Crippen molar-refractivity contribution in [3.63, 3.8) is 0 Å². The number of carbonyl (C=O) groups excluding carboxylic acids is 1. The number of likely N-dealkylation sites (tertiary alicyclic amines) is 1. The molecule has 12 heavy (non-hydrogen) atoms. The molecule has 0 unspecified atom stereocenters. The Balaban J connectivity index is 2.41. The van der Waals surface area contributed by atoms with Gasteiger partial charge in [-0.05, 0) is 17.6 Å². The third-order valence-electron chi connectivity index (χ3n) is 2.36. The van der Waals surface area contributed by atoms with Crippen molar-refractivity contribution in [3.05, 3.63) is 0 Å². The van der Waals surface area contributed by atoms with E-state index in [2.05, 4.69) is 26.5 Å². The van der Waals surface area contributed by atoms with Crippen LogP contribution < -0.4 is 0 Å². The van der Waals surface area contributed by atoms with Gasteiger partial charge in [-0.2, -0.15) is 12.6 Å². The molecule has 0 aromatic carbocycles. The van der Waals surface area contributed by atoms with E-state index >= 15 is 0 Å². The zero-order valence-corrected chi connectivity index (χ0v) is 8.73. The Morgan fingerprint density at radius 1 is 1.58 bits per heavy atom. The summed E-state index contributed by atoms with van der Waals surface area (Å²) >= 11 is 4.05. The van der Waals surface area contributed by atoms with Crippen LogP contribution in [0.15, 0.2) is 0 Å². The van der Waals surface area contributed by atoms with E-state index in [4.69, 9.17) is 0 Å². The summed E-state index contributed by atoms with van der Waals surface area (Å²) in [5, 5.41) is 0. The fourth-order valence-electron chi connectivity index (χ4n) is 1.58. The summed E-state index contributed by atoms with van der Waals surface area (Å²) in [6.45, 7) is 6.27. The van der Waals surface area contributed by atoms with Crippen LogP contribution in [0.25, 0.3) is 0 Å². The normalized spacial score (nSPS) is 21.4. The summed E-state index contributed by atoms with van der Waals surface area (Å²) in [5.74, 6) is 0.922. The van der Waals surface area contributed by atoms with Gasteiger partial charge in [0.15, 0.2) is 0 Å². The predicted molar refractivity (Wildman–Crippen MR) is 53.4 cm³/mol. The van der Waals surface area contributed by atoms with Crippen molar-refractivity contribution >= 4 is 18.5 Å². The Kier molecular flexibility index (Phi) is 3.04. The second kappa shape index (κ2) is 3.69. The average molecular weight is 187 g/mol. The predicted octanol–water partition coefficient (Wildman–Crippen LogP) is 1.56. The van der Waals surface area contributed by atoms with Crippen molar-refractivity contribution in [3.8, 4) is 0 Å². The van der Waals surface area contributed by atoms with E-state index in [1.807, 2.05) is 4.90 Å². The number of rotatable bonds is 2. The lowest BCUT2D eigenvalue weighted by atomic mass is 9.93. The van der Waals surface area contributed by atoms with E-state index in [1.54, 1.807) is 0 Å². The van der Waals surface area contributed by atoms with Crippen LogP contribution in [0.1, 0.15) is 26.7 Å². The monoisotopic (exact) mass is 187 g/mol. The molecule has 2 nitrogen and oxygen atoms in total. The van der Waals surface area contributed by atoms with Gasteiger partial charge in [0.2, 0.25) is 5.91 Å². The molecular weight excluding hydrogens is 170 g/mol. The van der Waals surface area contributed by atoms with Gasteiger partial charge < -0.3 is 4.90 Å². The van der Waals surface area contributed by atoms with Gasteiger partial charge in [0.25, 0.3) is 0 Å². The first-order valence-corrected chi connectivity index (χ1v) is 5.07. The van der Waals surface area contributed by atoms with E-state index in [1.165, 1.54) is 0 Å². The minimum absolute atomic E-state index is 0.260. The molecule has 0 atom stereocenters. The Hall–Kier alpha value is -0.180. The van der Waals surface area contributed by atoms with E-state index in [0.717, 1.165) is 19.5 Å². The lowest BCUT2D eigenvalue weighted by molar-refractivity contribution is -0.130. The highest BCUT2D eigenvalue weighted by atomic mass is 32.1. The second-order valence-corrected chi connectivity index (χ2v) is 4.65. The molecule has 1 fully saturated rings. The Bertz CT molecular complexity index is 179. The molecule has 0 bridgehead atoms. The number of nitrogens with zero attached hydrogens (tertiary/aromatic N) is 1. The average Bonchev–Trinajstić information content (AvgIpc) is 2.31. The first-order chi connectivity index (χ1) is 5.55. The maximum absolute atomic E-state index is 11.4. The smallest absolute Gasteiger partial charge is 0.223 e. The fraction of sp³-hybridized carbons (Fsp3) is 0.889. The molecule has 1 heterocycles. The van der Waals surface area contributed by atoms with Gasteiger partial charge in [0.05, 0.1) is 0 Å². The Labute approximate surface area is 79.7 Å². The van der Waals surface area contributed by atoms with E-state index in [-0.39, 0.29) is 5.91 Å². The summed E-state index contributed by atoms with van der Waals surface area (Å²) in [4.78, 5) is 13.4. The number of carbonyl (C=O) groups is 1. The van der Waals surface area contributed by atoms with Crippen molar-refractivity contribution in [2.45, 2.75) is 26.7 Å². The quantitative estimate of drug-likeness (QED) is 0.651. The summed E-state index contributed by atoms with van der Waals surface area (Å²) in [5.41, 5.74) is 0.326. The molecule has 1 saturated heterocycles. The minimum atomic E-state index is 0.260. The first kappa shape index (κ1) is 9.90. The van der Waals surface area contributed by atoms with Crippen LogP contribution >= 0.6 is 12.6 Å². The molecule has 0 radical (unpaired) electrons. The molecule has 3 heteroatoms. The summed E-state index contributed by atoms with van der Waals surface area (Å²) in [6.07, 6.45) is 1.71. The van der Waals surface area contributed by atoms with Gasteiger partial charge in [-0.1, -0.05) is 13.8 Å². The van der Waals surface area contributed by atoms with Crippen molar-refractivity contribution in [1.29, 1.82) is 0 Å². The molecule has 0 aliphatic carbocycles. The van der Waals surface area contributed by atoms with E-state index in [0.29, 0.717) is 17.6 Å². The second-order valence-electron chi connectivity index (χ2n) is 4.20. The topological polar surface area (TPSA) is 20.3 Å². The molecule has 0 aromatic heterocycles. The van der Waals surface area contributed by atoms with Crippen molar-refractivity contribution < 1.29 is 4.79 Å². The van der Waals surface area contributed by atoms with Gasteiger partial charge in [0, 0.05) is 19.5 Å². The minimum Gasteiger partial charge on any atom is -0.342 e. The zero-order chi connectivity index (χ0) is 9.19. The summed E-state index contributed by atoms with van der Waals surface area (Å²) in [6, 6.07) is 0. The van der Waals surface area contributed by atoms with Crippen LogP contribution in [-0.2, 0) is 4.79 Å². The summed E-state index contributed by atoms with van der Waals surface area (Å²) in [7, 11) is 0. The third-order valence-corrected chi connectivity index (χ3v) is 2.58. The molecule has 1 aliphatic heterocycles. The standard InChI is InChI=1S/C9H17NOS/c1-9(2)4-5-10(7-9)8(11)3-6-12/h12H,3-7H2,1-2H3. The molecular formula is C9H17NOS. The molecule has 0 saturated carbocycles. The van der Waals surface area contributed by atoms with Crippen LogP contribution in [0.2, 0.25) is 0 Å². The van der Waals surface area contributed by atoms with E-state index in [9.17, 15) is 4.79 Å². The van der Waals surface area contributed by atoms with Gasteiger partial charge >= 0.3 is 0 Å². The molecule has 0 spiro atoms. The largest absolute Gasteiger partial charge is 0.342 e. The highest BCUT2D eigenvalue weighted by Crippen LogP contribution is 2.28. The third kappa shape index (κ3) is 2.41. The number of hydrogen-bond donors (Lipinski definition) is 1. The van der Waals surface area contributed by atoms with Crippen LogP contribution in [0, 0.1) is 5.41 Å². The Morgan fingerprint density at radius 3 is 2.67 bits per heavy atom. The molecule has 1 amide bonds. The highest BCUT2D eigenvalue weighted by Gasteiger charge is 2.31. The maximum atomic E-state index is 11.4. The number of thiol groups is 1. The van der Waals surface area contributed by atoms with Crippen LogP contribution in [0.4, 0.5) is 0 Å². The Morgan fingerprint density at radius 2 is 2.25 bits per heavy atom. The SMILES string of the molecule is CC1(C)CCN(C(=O)CCS)C1. The van der Waals surface area contributed by atoms with Crippen molar-refractivity contribution in [1.82, 2.24) is 4.90 Å². The van der Waals surface area contributed by atoms with Crippen LogP contribution in [-0.4, -0.2) is 29.6 Å². The molecule has 1 rings (SSSR count). The van der Waals surface area contributed by atoms with Gasteiger partial charge in [-0.25, -0.2) is 0 Å². The first-order valence-electron chi connectivity index (χ1n) is 4.44. The van der Waals surface area contributed by atoms with Gasteiger partial charge in [0.1, 0.15) is 0 Å². The fourth-order valence-corrected chi connectivity index (χ4v) is 1.77. The highest BCUT2D eigenvalue weighted by molar-refractivity contribution is 7.80.